The number of anilines is 1. The van der Waals surface area contributed by atoms with Gasteiger partial charge in [-0.1, -0.05) is 36.2 Å². The van der Waals surface area contributed by atoms with Crippen molar-refractivity contribution in [2.75, 3.05) is 24.6 Å². The van der Waals surface area contributed by atoms with Crippen LogP contribution in [0, 0.1) is 17.8 Å². The molecule has 9 heteroatoms. The van der Waals surface area contributed by atoms with Gasteiger partial charge in [-0.3, -0.25) is 4.79 Å². The van der Waals surface area contributed by atoms with Crippen molar-refractivity contribution in [2.24, 2.45) is 17.8 Å². The Labute approximate surface area is 253 Å². The van der Waals surface area contributed by atoms with Gasteiger partial charge in [0.2, 0.25) is 10.0 Å². The molecule has 5 aliphatic rings. The molecule has 42 heavy (non-hydrogen) atoms. The third-order valence-electron chi connectivity index (χ3n) is 10.7. The number of aryl methyl sites for hydroxylation is 1. The van der Waals surface area contributed by atoms with Crippen LogP contribution >= 0.6 is 11.6 Å². The summed E-state index contributed by atoms with van der Waals surface area (Å²) in [6, 6.07) is 11.5. The highest BCUT2D eigenvalue weighted by atomic mass is 35.5. The fraction of sp³-hybridized carbons (Fsp3) is 0.545. The molecule has 7 nitrogen and oxygen atoms in total. The number of sulfonamides is 1. The third-order valence-corrected chi connectivity index (χ3v) is 12.8. The van der Waals surface area contributed by atoms with Crippen LogP contribution in [0.1, 0.15) is 72.9 Å². The number of hydrogen-bond acceptors (Lipinski definition) is 6. The molecule has 1 spiro atoms. The summed E-state index contributed by atoms with van der Waals surface area (Å²) in [5.41, 5.74) is 3.39. The number of hydrogen-bond donors (Lipinski definition) is 2. The summed E-state index contributed by atoms with van der Waals surface area (Å²) in [5.74, 6) is 0.472. The molecule has 2 aliphatic heterocycles. The molecule has 0 radical (unpaired) electrons. The molecule has 2 N–H and O–H groups in total. The molecule has 2 bridgehead atoms. The number of halogens is 1. The molecule has 224 valence electrons. The number of aliphatic hydroxyl groups is 1. The highest BCUT2D eigenvalue weighted by Crippen LogP contribution is 2.47. The summed E-state index contributed by atoms with van der Waals surface area (Å²) in [4.78, 5) is 15.8. The zero-order chi connectivity index (χ0) is 29.1. The maximum Gasteiger partial charge on any atom is 0.264 e. The molecule has 2 heterocycles. The van der Waals surface area contributed by atoms with Crippen LogP contribution in [0.25, 0.3) is 0 Å². The second kappa shape index (κ2) is 10.9. The predicted octanol–water partition coefficient (Wildman–Crippen LogP) is 5.39. The first-order chi connectivity index (χ1) is 20.2. The van der Waals surface area contributed by atoms with E-state index < -0.39 is 27.3 Å². The van der Waals surface area contributed by atoms with Crippen LogP contribution in [0.5, 0.6) is 5.75 Å². The van der Waals surface area contributed by atoms with Gasteiger partial charge >= 0.3 is 0 Å². The van der Waals surface area contributed by atoms with E-state index in [9.17, 15) is 18.3 Å². The van der Waals surface area contributed by atoms with Crippen LogP contribution in [-0.2, 0) is 21.9 Å². The number of fused-ring (bicyclic) bond motifs is 5. The first-order valence-electron chi connectivity index (χ1n) is 15.4. The standard InChI is InChI=1S/C33H39ClN2O5S/c34-25-11-13-27-22(16-25)6-3-15-33(27)19-36-18-24-9-12-26(24)29(37)7-1-4-21-5-2-8-31(21)42(39,40)35-32(38)23-10-14-30(41-20-33)28(36)17-23/h1,7,10-11,13-14,16-17,21,24,26,29,31,37H,2-6,8-9,12,15,18-20H2,(H,35,38)/b7-1-/t21-,24+,26-,29+,31-,33+/m1/s1. The van der Waals surface area contributed by atoms with E-state index >= 15 is 0 Å². The van der Waals surface area contributed by atoms with E-state index in [1.165, 1.54) is 11.1 Å². The van der Waals surface area contributed by atoms with Crippen LogP contribution in [0.3, 0.4) is 0 Å². The van der Waals surface area contributed by atoms with Gasteiger partial charge in [-0.05, 0) is 111 Å². The Morgan fingerprint density at radius 2 is 1.93 bits per heavy atom. The Kier molecular flexibility index (Phi) is 7.30. The first kappa shape index (κ1) is 28.2. The molecule has 0 aromatic heterocycles. The Bertz CT molecular complexity index is 1530. The summed E-state index contributed by atoms with van der Waals surface area (Å²) in [5, 5.41) is 11.3. The van der Waals surface area contributed by atoms with E-state index in [0.29, 0.717) is 43.2 Å². The van der Waals surface area contributed by atoms with Gasteiger partial charge in [0.1, 0.15) is 5.75 Å². The Morgan fingerprint density at radius 3 is 2.76 bits per heavy atom. The summed E-state index contributed by atoms with van der Waals surface area (Å²) in [7, 11) is -3.86. The van der Waals surface area contributed by atoms with Crippen molar-refractivity contribution >= 4 is 33.2 Å². The van der Waals surface area contributed by atoms with Crippen molar-refractivity contribution in [3.8, 4) is 5.75 Å². The average molecular weight is 611 g/mol. The second-order valence-corrected chi connectivity index (χ2v) is 15.5. The topological polar surface area (TPSA) is 95.9 Å². The van der Waals surface area contributed by atoms with Crippen LogP contribution in [-0.4, -0.2) is 50.5 Å². The summed E-state index contributed by atoms with van der Waals surface area (Å²) in [6.45, 7) is 1.94. The fourth-order valence-electron chi connectivity index (χ4n) is 8.29. The van der Waals surface area contributed by atoms with E-state index in [1.54, 1.807) is 12.1 Å². The Balaban J connectivity index is 1.29. The largest absolute Gasteiger partial charge is 0.490 e. The minimum atomic E-state index is -3.86. The van der Waals surface area contributed by atoms with Gasteiger partial charge in [-0.2, -0.15) is 0 Å². The zero-order valence-corrected chi connectivity index (χ0v) is 25.4. The van der Waals surface area contributed by atoms with Crippen LogP contribution in [0.15, 0.2) is 48.6 Å². The molecule has 6 atom stereocenters. The fourth-order valence-corrected chi connectivity index (χ4v) is 10.2. The number of rotatable bonds is 0. The molecule has 0 unspecified atom stereocenters. The number of carbonyl (C=O) groups excluding carboxylic acids is 1. The molecule has 2 aromatic carbocycles. The number of aliphatic hydroxyl groups excluding tert-OH is 1. The monoisotopic (exact) mass is 610 g/mol. The van der Waals surface area contributed by atoms with E-state index in [4.69, 9.17) is 16.3 Å². The molecule has 3 aliphatic carbocycles. The maximum atomic E-state index is 13.4. The molecule has 0 saturated heterocycles. The number of nitrogens with zero attached hydrogens (tertiary/aromatic N) is 1. The number of allylic oxidation sites excluding steroid dienone is 1. The van der Waals surface area contributed by atoms with Gasteiger partial charge in [-0.15, -0.1) is 0 Å². The minimum Gasteiger partial charge on any atom is -0.490 e. The van der Waals surface area contributed by atoms with Crippen LogP contribution in [0.2, 0.25) is 5.02 Å². The normalized spacial score (nSPS) is 34.6. The first-order valence-corrected chi connectivity index (χ1v) is 17.4. The lowest BCUT2D eigenvalue weighted by Crippen LogP contribution is -2.49. The van der Waals surface area contributed by atoms with Crippen molar-refractivity contribution in [1.29, 1.82) is 0 Å². The molecule has 2 aromatic rings. The van der Waals surface area contributed by atoms with Crippen molar-refractivity contribution in [2.45, 2.75) is 74.6 Å². The van der Waals surface area contributed by atoms with Gasteiger partial charge in [-0.25, -0.2) is 13.1 Å². The Morgan fingerprint density at radius 1 is 1.05 bits per heavy atom. The van der Waals surface area contributed by atoms with E-state index in [-0.39, 0.29) is 17.3 Å². The third kappa shape index (κ3) is 5.03. The minimum absolute atomic E-state index is 0.0655. The summed E-state index contributed by atoms with van der Waals surface area (Å²) >= 11 is 6.39. The lowest BCUT2D eigenvalue weighted by molar-refractivity contribution is 0.0455. The van der Waals surface area contributed by atoms with Gasteiger partial charge in [0.25, 0.3) is 5.91 Å². The molecule has 7 rings (SSSR count). The second-order valence-electron chi connectivity index (χ2n) is 13.1. The number of benzene rings is 2. The van der Waals surface area contributed by atoms with Crippen LogP contribution in [0.4, 0.5) is 5.69 Å². The smallest absolute Gasteiger partial charge is 0.264 e. The van der Waals surface area contributed by atoms with Gasteiger partial charge in [0.15, 0.2) is 0 Å². The maximum absolute atomic E-state index is 13.4. The molecular formula is C33H39ClN2O5S. The molecular weight excluding hydrogens is 572 g/mol. The average Bonchev–Trinajstić information content (AvgIpc) is 3.37. The lowest BCUT2D eigenvalue weighted by Gasteiger charge is -2.45. The quantitative estimate of drug-likeness (QED) is 0.389. The van der Waals surface area contributed by atoms with Gasteiger partial charge in [0, 0.05) is 29.1 Å². The number of nitrogens with one attached hydrogen (secondary N) is 1. The number of amides is 1. The Hall–Kier alpha value is -2.55. The van der Waals surface area contributed by atoms with Crippen molar-refractivity contribution in [1.82, 2.24) is 4.72 Å². The van der Waals surface area contributed by atoms with Gasteiger partial charge in [0.05, 0.1) is 23.6 Å². The summed E-state index contributed by atoms with van der Waals surface area (Å²) in [6.07, 6.45) is 11.0. The SMILES string of the molecule is O=C1NS(=O)(=O)[C@@H]2CCC[C@H]2C/C=C\[C@H](O)[C@@H]2CC[C@H]2CN2C[C@@]3(CCCc4cc(Cl)ccc43)COc3ccc1cc32. The van der Waals surface area contributed by atoms with Crippen molar-refractivity contribution < 1.29 is 23.1 Å². The lowest BCUT2D eigenvalue weighted by atomic mass is 9.68. The van der Waals surface area contributed by atoms with E-state index in [1.807, 2.05) is 24.3 Å². The predicted molar refractivity (Wildman–Crippen MR) is 164 cm³/mol. The number of carbonyl (C=O) groups is 1. The van der Waals surface area contributed by atoms with Gasteiger partial charge < -0.3 is 14.7 Å². The van der Waals surface area contributed by atoms with Crippen molar-refractivity contribution in [3.63, 3.8) is 0 Å². The zero-order valence-electron chi connectivity index (χ0n) is 23.8. The van der Waals surface area contributed by atoms with Crippen molar-refractivity contribution in [3.05, 3.63) is 70.3 Å². The molecule has 2 fully saturated rings. The highest BCUT2D eigenvalue weighted by Gasteiger charge is 2.44. The highest BCUT2D eigenvalue weighted by molar-refractivity contribution is 7.90. The number of ether oxygens (including phenoxy) is 1. The summed E-state index contributed by atoms with van der Waals surface area (Å²) < 4.78 is 35.7. The molecule has 1 amide bonds. The van der Waals surface area contributed by atoms with E-state index in [2.05, 4.69) is 21.8 Å². The van der Waals surface area contributed by atoms with E-state index in [0.717, 1.165) is 62.2 Å². The van der Waals surface area contributed by atoms with Crippen LogP contribution < -0.4 is 14.4 Å². The molecule has 2 saturated carbocycles.